The molecule has 1 rings (SSSR count). The van der Waals surface area contributed by atoms with Crippen molar-refractivity contribution in [1.82, 2.24) is 4.98 Å². The van der Waals surface area contributed by atoms with Crippen LogP contribution >= 0.6 is 11.6 Å². The summed E-state index contributed by atoms with van der Waals surface area (Å²) >= 11 is 5.58. The number of hydrogen-bond acceptors (Lipinski definition) is 1. The van der Waals surface area contributed by atoms with Crippen molar-refractivity contribution in [2.45, 2.75) is 6.92 Å². The van der Waals surface area contributed by atoms with Gasteiger partial charge in [0.15, 0.2) is 5.78 Å². The highest BCUT2D eigenvalue weighted by molar-refractivity contribution is 6.33. The van der Waals surface area contributed by atoms with E-state index in [4.69, 9.17) is 11.6 Å². The number of aromatic amines is 1. The zero-order chi connectivity index (χ0) is 6.85. The third kappa shape index (κ3) is 1.13. The highest BCUT2D eigenvalue weighted by Crippen LogP contribution is 2.12. The normalized spacial score (nSPS) is 9.56. The van der Waals surface area contributed by atoms with E-state index < -0.39 is 0 Å². The van der Waals surface area contributed by atoms with Crippen LogP contribution in [-0.4, -0.2) is 10.8 Å². The Morgan fingerprint density at radius 1 is 1.78 bits per heavy atom. The molecular formula is C6H6ClNO. The second kappa shape index (κ2) is 2.23. The van der Waals surface area contributed by atoms with Crippen LogP contribution in [0.2, 0.25) is 5.02 Å². The average Bonchev–Trinajstić information content (AvgIpc) is 2.13. The standard InChI is InChI=1S/C6H6ClNO/c1-4(9)6-5(7)2-3-8-6/h2-3,8H,1H3. The third-order valence-electron chi connectivity index (χ3n) is 1.05. The molecule has 1 aromatic rings. The summed E-state index contributed by atoms with van der Waals surface area (Å²) in [7, 11) is 0. The van der Waals surface area contributed by atoms with Crippen LogP contribution < -0.4 is 0 Å². The topological polar surface area (TPSA) is 32.9 Å². The van der Waals surface area contributed by atoms with Crippen LogP contribution in [0.25, 0.3) is 0 Å². The number of H-pyrrole nitrogens is 1. The van der Waals surface area contributed by atoms with Gasteiger partial charge in [-0.05, 0) is 6.07 Å². The number of rotatable bonds is 1. The molecular weight excluding hydrogens is 138 g/mol. The number of aromatic nitrogens is 1. The number of carbonyl (C=O) groups is 1. The van der Waals surface area contributed by atoms with Crippen molar-refractivity contribution < 1.29 is 4.79 Å². The van der Waals surface area contributed by atoms with Gasteiger partial charge >= 0.3 is 0 Å². The van der Waals surface area contributed by atoms with Gasteiger partial charge in [-0.2, -0.15) is 0 Å². The van der Waals surface area contributed by atoms with E-state index in [0.29, 0.717) is 10.7 Å². The number of ketones is 1. The molecule has 0 radical (unpaired) electrons. The van der Waals surface area contributed by atoms with Crippen molar-refractivity contribution in [2.75, 3.05) is 0 Å². The van der Waals surface area contributed by atoms with Crippen LogP contribution in [0.3, 0.4) is 0 Å². The van der Waals surface area contributed by atoms with Gasteiger partial charge in [-0.1, -0.05) is 11.6 Å². The zero-order valence-corrected chi connectivity index (χ0v) is 5.70. The molecule has 0 aliphatic rings. The summed E-state index contributed by atoms with van der Waals surface area (Å²) in [5, 5.41) is 0.488. The van der Waals surface area contributed by atoms with Crippen molar-refractivity contribution in [3.8, 4) is 0 Å². The molecule has 0 aliphatic carbocycles. The van der Waals surface area contributed by atoms with Gasteiger partial charge in [-0.3, -0.25) is 4.79 Å². The Balaban J connectivity index is 3.08. The highest BCUT2D eigenvalue weighted by Gasteiger charge is 2.03. The molecule has 0 spiro atoms. The summed E-state index contributed by atoms with van der Waals surface area (Å²) in [6.45, 7) is 1.47. The first-order chi connectivity index (χ1) is 4.22. The van der Waals surface area contributed by atoms with Crippen LogP contribution in [0.5, 0.6) is 0 Å². The Labute approximate surface area is 57.8 Å². The molecule has 1 N–H and O–H groups in total. The molecule has 0 atom stereocenters. The fraction of sp³-hybridized carbons (Fsp3) is 0.167. The van der Waals surface area contributed by atoms with Gasteiger partial charge < -0.3 is 4.98 Å². The highest BCUT2D eigenvalue weighted by atomic mass is 35.5. The lowest BCUT2D eigenvalue weighted by molar-refractivity contribution is 0.101. The van der Waals surface area contributed by atoms with Crippen LogP contribution in [0.4, 0.5) is 0 Å². The Bertz CT molecular complexity index is 229. The number of Topliss-reactive ketones (excluding diaryl/α,β-unsaturated/α-hetero) is 1. The third-order valence-corrected chi connectivity index (χ3v) is 1.36. The SMILES string of the molecule is CC(=O)c1[nH]ccc1Cl. The molecule has 0 aromatic carbocycles. The van der Waals surface area contributed by atoms with E-state index in [1.807, 2.05) is 0 Å². The first kappa shape index (κ1) is 6.36. The lowest BCUT2D eigenvalue weighted by atomic mass is 10.3. The maximum absolute atomic E-state index is 10.6. The molecule has 2 nitrogen and oxygen atoms in total. The van der Waals surface area contributed by atoms with Crippen LogP contribution in [-0.2, 0) is 0 Å². The molecule has 0 saturated heterocycles. The van der Waals surface area contributed by atoms with E-state index in [-0.39, 0.29) is 5.78 Å². The van der Waals surface area contributed by atoms with Gasteiger partial charge in [0.05, 0.1) is 5.02 Å². The quantitative estimate of drug-likeness (QED) is 0.599. The van der Waals surface area contributed by atoms with Crippen molar-refractivity contribution >= 4 is 17.4 Å². The van der Waals surface area contributed by atoms with Crippen molar-refractivity contribution in [3.63, 3.8) is 0 Å². The Kier molecular flexibility index (Phi) is 1.58. The Hall–Kier alpha value is -0.760. The number of halogens is 1. The lowest BCUT2D eigenvalue weighted by Crippen LogP contribution is -1.91. The molecule has 1 aromatic heterocycles. The second-order valence-electron chi connectivity index (χ2n) is 1.76. The van der Waals surface area contributed by atoms with Gasteiger partial charge in [0, 0.05) is 13.1 Å². The summed E-state index contributed by atoms with van der Waals surface area (Å²) in [6.07, 6.45) is 1.64. The summed E-state index contributed by atoms with van der Waals surface area (Å²) in [5.74, 6) is -0.0370. The van der Waals surface area contributed by atoms with E-state index in [9.17, 15) is 4.79 Å². The molecule has 0 amide bonds. The fourth-order valence-electron chi connectivity index (χ4n) is 0.620. The molecule has 0 aliphatic heterocycles. The first-order valence-electron chi connectivity index (χ1n) is 2.55. The predicted octanol–water partition coefficient (Wildman–Crippen LogP) is 1.87. The molecule has 3 heteroatoms. The van der Waals surface area contributed by atoms with E-state index in [1.165, 1.54) is 6.92 Å². The molecule has 9 heavy (non-hydrogen) atoms. The molecule has 48 valence electrons. The number of carbonyl (C=O) groups excluding carboxylic acids is 1. The van der Waals surface area contributed by atoms with Crippen LogP contribution in [0.1, 0.15) is 17.4 Å². The molecule has 0 saturated carbocycles. The summed E-state index contributed by atoms with van der Waals surface area (Å²) < 4.78 is 0. The van der Waals surface area contributed by atoms with Gasteiger partial charge in [-0.25, -0.2) is 0 Å². The van der Waals surface area contributed by atoms with Gasteiger partial charge in [-0.15, -0.1) is 0 Å². The summed E-state index contributed by atoms with van der Waals surface area (Å²) in [6, 6.07) is 1.65. The zero-order valence-electron chi connectivity index (χ0n) is 4.94. The smallest absolute Gasteiger partial charge is 0.177 e. The second-order valence-corrected chi connectivity index (χ2v) is 2.16. The lowest BCUT2D eigenvalue weighted by Gasteiger charge is -1.86. The Morgan fingerprint density at radius 3 is 2.67 bits per heavy atom. The van der Waals surface area contributed by atoms with Gasteiger partial charge in [0.25, 0.3) is 0 Å². The number of hydrogen-bond donors (Lipinski definition) is 1. The van der Waals surface area contributed by atoms with Crippen molar-refractivity contribution in [3.05, 3.63) is 23.0 Å². The molecule has 0 unspecified atom stereocenters. The molecule has 0 bridgehead atoms. The average molecular weight is 144 g/mol. The molecule has 1 heterocycles. The van der Waals surface area contributed by atoms with Crippen LogP contribution in [0.15, 0.2) is 12.3 Å². The summed E-state index contributed by atoms with van der Waals surface area (Å²) in [4.78, 5) is 13.3. The minimum absolute atomic E-state index is 0.0370. The van der Waals surface area contributed by atoms with Crippen molar-refractivity contribution in [1.29, 1.82) is 0 Å². The first-order valence-corrected chi connectivity index (χ1v) is 2.93. The van der Waals surface area contributed by atoms with Crippen molar-refractivity contribution in [2.24, 2.45) is 0 Å². The monoisotopic (exact) mass is 143 g/mol. The number of nitrogens with one attached hydrogen (secondary N) is 1. The summed E-state index contributed by atoms with van der Waals surface area (Å²) in [5.41, 5.74) is 0.483. The van der Waals surface area contributed by atoms with E-state index in [2.05, 4.69) is 4.98 Å². The largest absolute Gasteiger partial charge is 0.358 e. The van der Waals surface area contributed by atoms with E-state index in [1.54, 1.807) is 12.3 Å². The predicted molar refractivity (Wildman–Crippen MR) is 35.8 cm³/mol. The maximum atomic E-state index is 10.6. The van der Waals surface area contributed by atoms with Crippen LogP contribution in [0, 0.1) is 0 Å². The van der Waals surface area contributed by atoms with Gasteiger partial charge in [0.2, 0.25) is 0 Å². The Morgan fingerprint density at radius 2 is 2.44 bits per heavy atom. The van der Waals surface area contributed by atoms with E-state index >= 15 is 0 Å². The molecule has 0 fully saturated rings. The van der Waals surface area contributed by atoms with E-state index in [0.717, 1.165) is 0 Å². The minimum Gasteiger partial charge on any atom is -0.358 e. The maximum Gasteiger partial charge on any atom is 0.177 e. The fourth-order valence-corrected chi connectivity index (χ4v) is 0.871. The minimum atomic E-state index is -0.0370. The van der Waals surface area contributed by atoms with Gasteiger partial charge in [0.1, 0.15) is 5.69 Å².